The Morgan fingerprint density at radius 2 is 1.88 bits per heavy atom. The Morgan fingerprint density at radius 3 is 2.35 bits per heavy atom. The molecule has 5 heteroatoms. The zero-order valence-corrected chi connectivity index (χ0v) is 9.45. The van der Waals surface area contributed by atoms with Crippen molar-refractivity contribution in [2.75, 3.05) is 0 Å². The Balaban J connectivity index is 0.00000121. The van der Waals surface area contributed by atoms with Crippen LogP contribution in [0.25, 0.3) is 6.08 Å². The third-order valence-electron chi connectivity index (χ3n) is 1.63. The van der Waals surface area contributed by atoms with E-state index in [1.807, 2.05) is 13.8 Å². The van der Waals surface area contributed by atoms with Crippen LogP contribution in [-0.4, -0.2) is 11.1 Å². The van der Waals surface area contributed by atoms with Gasteiger partial charge in [-0.2, -0.15) is 13.2 Å². The SMILES string of the molecule is CC.O=C(O)C=Cc1cccc(C(F)(F)F)c1. The second-order valence-corrected chi connectivity index (χ2v) is 2.79. The highest BCUT2D eigenvalue weighted by molar-refractivity contribution is 5.85. The van der Waals surface area contributed by atoms with E-state index < -0.39 is 17.7 Å². The van der Waals surface area contributed by atoms with Crippen LogP contribution in [0, 0.1) is 0 Å². The van der Waals surface area contributed by atoms with E-state index in [4.69, 9.17) is 5.11 Å². The minimum atomic E-state index is -4.41. The molecule has 94 valence electrons. The molecular weight excluding hydrogens is 233 g/mol. The van der Waals surface area contributed by atoms with Crippen molar-refractivity contribution in [2.45, 2.75) is 20.0 Å². The lowest BCUT2D eigenvalue weighted by atomic mass is 10.1. The molecule has 17 heavy (non-hydrogen) atoms. The number of hydrogen-bond donors (Lipinski definition) is 1. The Kier molecular flexibility index (Phi) is 6.02. The van der Waals surface area contributed by atoms with E-state index in [2.05, 4.69) is 0 Å². The Bertz CT molecular complexity index is 395. The summed E-state index contributed by atoms with van der Waals surface area (Å²) in [7, 11) is 0. The van der Waals surface area contributed by atoms with E-state index in [0.717, 1.165) is 24.3 Å². The van der Waals surface area contributed by atoms with Crippen LogP contribution in [0.2, 0.25) is 0 Å². The van der Waals surface area contributed by atoms with Gasteiger partial charge in [0.15, 0.2) is 0 Å². The third kappa shape index (κ3) is 5.75. The molecule has 0 saturated heterocycles. The van der Waals surface area contributed by atoms with Crippen LogP contribution in [0.3, 0.4) is 0 Å². The zero-order valence-electron chi connectivity index (χ0n) is 9.45. The molecule has 0 aliphatic carbocycles. The lowest BCUT2D eigenvalue weighted by Crippen LogP contribution is -2.04. The predicted molar refractivity (Wildman–Crippen MR) is 59.5 cm³/mol. The molecule has 0 aromatic heterocycles. The van der Waals surface area contributed by atoms with Gasteiger partial charge in [0.05, 0.1) is 5.56 Å². The van der Waals surface area contributed by atoms with Crippen molar-refractivity contribution in [2.24, 2.45) is 0 Å². The molecule has 0 bridgehead atoms. The van der Waals surface area contributed by atoms with E-state index >= 15 is 0 Å². The van der Waals surface area contributed by atoms with Gasteiger partial charge in [-0.15, -0.1) is 0 Å². The normalized spacial score (nSPS) is 10.9. The third-order valence-corrected chi connectivity index (χ3v) is 1.63. The minimum absolute atomic E-state index is 0.201. The van der Waals surface area contributed by atoms with Crippen molar-refractivity contribution in [3.05, 3.63) is 41.5 Å². The molecule has 2 nitrogen and oxygen atoms in total. The van der Waals surface area contributed by atoms with Crippen molar-refractivity contribution in [3.63, 3.8) is 0 Å². The van der Waals surface area contributed by atoms with Gasteiger partial charge in [0, 0.05) is 6.08 Å². The maximum atomic E-state index is 12.2. The van der Waals surface area contributed by atoms with Crippen molar-refractivity contribution >= 4 is 12.0 Å². The summed E-state index contributed by atoms with van der Waals surface area (Å²) >= 11 is 0. The summed E-state index contributed by atoms with van der Waals surface area (Å²) in [5.74, 6) is -1.20. The molecule has 0 amide bonds. The van der Waals surface area contributed by atoms with Gasteiger partial charge in [0.25, 0.3) is 0 Å². The molecule has 0 radical (unpaired) electrons. The summed E-state index contributed by atoms with van der Waals surface area (Å²) in [6.45, 7) is 4.00. The molecular formula is C12H13F3O2. The first-order valence-corrected chi connectivity index (χ1v) is 4.98. The number of rotatable bonds is 2. The van der Waals surface area contributed by atoms with Crippen LogP contribution in [0.4, 0.5) is 13.2 Å². The second-order valence-electron chi connectivity index (χ2n) is 2.79. The fourth-order valence-corrected chi connectivity index (χ4v) is 0.986. The largest absolute Gasteiger partial charge is 0.478 e. The zero-order chi connectivity index (χ0) is 13.5. The number of halogens is 3. The minimum Gasteiger partial charge on any atom is -0.478 e. The molecule has 0 saturated carbocycles. The molecule has 0 aliphatic heterocycles. The first-order chi connectivity index (χ1) is 7.89. The average Bonchev–Trinajstić information content (AvgIpc) is 2.28. The number of hydrogen-bond acceptors (Lipinski definition) is 1. The molecule has 1 aromatic carbocycles. The summed E-state index contributed by atoms with van der Waals surface area (Å²) in [5, 5.41) is 8.29. The van der Waals surface area contributed by atoms with Crippen molar-refractivity contribution in [1.29, 1.82) is 0 Å². The van der Waals surface area contributed by atoms with Crippen LogP contribution >= 0.6 is 0 Å². The molecule has 0 atom stereocenters. The summed E-state index contributed by atoms with van der Waals surface area (Å²) in [5.41, 5.74) is -0.595. The highest BCUT2D eigenvalue weighted by Crippen LogP contribution is 2.29. The van der Waals surface area contributed by atoms with Gasteiger partial charge in [-0.05, 0) is 23.8 Å². The number of alkyl halides is 3. The Morgan fingerprint density at radius 1 is 1.29 bits per heavy atom. The molecule has 1 N–H and O–H groups in total. The van der Waals surface area contributed by atoms with Crippen LogP contribution in [0.1, 0.15) is 25.0 Å². The van der Waals surface area contributed by atoms with Gasteiger partial charge in [-0.25, -0.2) is 4.79 Å². The van der Waals surface area contributed by atoms with Gasteiger partial charge in [-0.1, -0.05) is 26.0 Å². The monoisotopic (exact) mass is 246 g/mol. The summed E-state index contributed by atoms with van der Waals surface area (Å²) < 4.78 is 36.7. The first-order valence-electron chi connectivity index (χ1n) is 4.98. The Hall–Kier alpha value is -1.78. The van der Waals surface area contributed by atoms with Crippen LogP contribution in [0.5, 0.6) is 0 Å². The highest BCUT2D eigenvalue weighted by Gasteiger charge is 2.30. The van der Waals surface area contributed by atoms with E-state index in [1.165, 1.54) is 12.1 Å². The number of carboxylic acid groups (broad SMARTS) is 1. The number of carbonyl (C=O) groups is 1. The smallest absolute Gasteiger partial charge is 0.416 e. The maximum Gasteiger partial charge on any atom is 0.416 e. The number of benzene rings is 1. The van der Waals surface area contributed by atoms with Gasteiger partial charge in [0.2, 0.25) is 0 Å². The summed E-state index contributed by atoms with van der Waals surface area (Å²) in [6, 6.07) is 4.44. The molecule has 0 aliphatic rings. The number of carboxylic acids is 1. The fourth-order valence-electron chi connectivity index (χ4n) is 0.986. The Labute approximate surface area is 97.4 Å². The van der Waals surface area contributed by atoms with E-state index in [0.29, 0.717) is 0 Å². The lowest BCUT2D eigenvalue weighted by molar-refractivity contribution is -0.137. The molecule has 1 aromatic rings. The summed E-state index contributed by atoms with van der Waals surface area (Å²) in [6.07, 6.45) is -2.51. The topological polar surface area (TPSA) is 37.3 Å². The molecule has 0 fully saturated rings. The highest BCUT2D eigenvalue weighted by atomic mass is 19.4. The van der Waals surface area contributed by atoms with Gasteiger partial charge < -0.3 is 5.11 Å². The number of aliphatic carboxylic acids is 1. The molecule has 1 rings (SSSR count). The molecule has 0 heterocycles. The van der Waals surface area contributed by atoms with Crippen molar-refractivity contribution in [3.8, 4) is 0 Å². The second kappa shape index (κ2) is 6.73. The van der Waals surface area contributed by atoms with Crippen molar-refractivity contribution in [1.82, 2.24) is 0 Å². The molecule has 0 spiro atoms. The van der Waals surface area contributed by atoms with E-state index in [-0.39, 0.29) is 5.56 Å². The van der Waals surface area contributed by atoms with Gasteiger partial charge in [-0.3, -0.25) is 0 Å². The maximum absolute atomic E-state index is 12.2. The van der Waals surface area contributed by atoms with Crippen molar-refractivity contribution < 1.29 is 23.1 Å². The standard InChI is InChI=1S/C10H7F3O2.C2H6/c11-10(12,13)8-3-1-2-7(6-8)4-5-9(14)15;1-2/h1-6H,(H,14,15);1-2H3. The fraction of sp³-hybridized carbons (Fsp3) is 0.250. The molecule has 0 unspecified atom stereocenters. The summed E-state index contributed by atoms with van der Waals surface area (Å²) in [4.78, 5) is 10.1. The first kappa shape index (κ1) is 15.2. The van der Waals surface area contributed by atoms with Crippen LogP contribution in [-0.2, 0) is 11.0 Å². The van der Waals surface area contributed by atoms with Gasteiger partial charge >= 0.3 is 12.1 Å². The quantitative estimate of drug-likeness (QED) is 0.805. The van der Waals surface area contributed by atoms with E-state index in [9.17, 15) is 18.0 Å². The average molecular weight is 246 g/mol. The van der Waals surface area contributed by atoms with E-state index in [1.54, 1.807) is 0 Å². The van der Waals surface area contributed by atoms with Crippen LogP contribution in [0.15, 0.2) is 30.3 Å². The lowest BCUT2D eigenvalue weighted by Gasteiger charge is -2.06. The van der Waals surface area contributed by atoms with Crippen LogP contribution < -0.4 is 0 Å². The van der Waals surface area contributed by atoms with Gasteiger partial charge in [0.1, 0.15) is 0 Å². The predicted octanol–water partition coefficient (Wildman–Crippen LogP) is 3.83.